The van der Waals surface area contributed by atoms with Gasteiger partial charge in [0.15, 0.2) is 5.49 Å². The van der Waals surface area contributed by atoms with Crippen LogP contribution in [0, 0.1) is 5.41 Å². The summed E-state index contributed by atoms with van der Waals surface area (Å²) in [6.07, 6.45) is 0. The smallest absolute Gasteiger partial charge is 0.154 e. The molecule has 8 nitrogen and oxygen atoms in total. The van der Waals surface area contributed by atoms with Gasteiger partial charge in [-0.1, -0.05) is 12.1 Å². The number of aromatic amines is 1. The molecule has 0 amide bonds. The lowest BCUT2D eigenvalue weighted by Gasteiger charge is -2.13. The summed E-state index contributed by atoms with van der Waals surface area (Å²) < 4.78 is 14.1. The summed E-state index contributed by atoms with van der Waals surface area (Å²) >= 11 is 0. The summed E-state index contributed by atoms with van der Waals surface area (Å²) in [4.78, 5) is 7.83. The van der Waals surface area contributed by atoms with Crippen LogP contribution in [0.1, 0.15) is 0 Å². The lowest BCUT2D eigenvalue weighted by atomic mass is 10.2. The molecule has 8 heteroatoms. The average Bonchev–Trinajstić information content (AvgIpc) is 3.19. The molecule has 0 atom stereocenters. The third kappa shape index (κ3) is 2.62. The van der Waals surface area contributed by atoms with Crippen LogP contribution >= 0.6 is 0 Å². The molecule has 0 fully saturated rings. The van der Waals surface area contributed by atoms with Crippen LogP contribution in [-0.2, 0) is 7.05 Å². The van der Waals surface area contributed by atoms with Crippen LogP contribution < -0.4 is 20.7 Å². The molecule has 4 rings (SSSR count). The van der Waals surface area contributed by atoms with Crippen molar-refractivity contribution in [3.8, 4) is 28.6 Å². The number of nitrogens with zero attached hydrogens (tertiary/aromatic N) is 3. The predicted octanol–water partition coefficient (Wildman–Crippen LogP) is 2.44. The summed E-state index contributed by atoms with van der Waals surface area (Å²) in [5.41, 5.74) is 9.68. The molecule has 0 aliphatic carbocycles. The number of nitrogen functional groups attached to an aromatic ring is 1. The number of rotatable bonds is 4. The van der Waals surface area contributed by atoms with Crippen molar-refractivity contribution >= 4 is 16.9 Å². The summed E-state index contributed by atoms with van der Waals surface area (Å²) in [6, 6.07) is 13.2. The van der Waals surface area contributed by atoms with Crippen molar-refractivity contribution in [3.05, 3.63) is 48.0 Å². The zero-order valence-electron chi connectivity index (χ0n) is 15.3. The molecule has 0 radical (unpaired) electrons. The van der Waals surface area contributed by atoms with Gasteiger partial charge in [0.1, 0.15) is 28.7 Å². The van der Waals surface area contributed by atoms with Gasteiger partial charge in [0.05, 0.1) is 30.9 Å². The molecule has 0 spiro atoms. The maximum atomic E-state index is 8.55. The second-order valence-electron chi connectivity index (χ2n) is 6.12. The maximum Gasteiger partial charge on any atom is 0.154 e. The molecule has 0 bridgehead atoms. The van der Waals surface area contributed by atoms with Crippen molar-refractivity contribution in [2.45, 2.75) is 0 Å². The van der Waals surface area contributed by atoms with E-state index in [0.717, 1.165) is 16.7 Å². The Labute approximate surface area is 155 Å². The lowest BCUT2D eigenvalue weighted by molar-refractivity contribution is 0.393. The number of H-pyrrole nitrogens is 1. The molecule has 4 N–H and O–H groups in total. The van der Waals surface area contributed by atoms with Crippen LogP contribution in [0.2, 0.25) is 0 Å². The number of methoxy groups -OCH3 is 2. The van der Waals surface area contributed by atoms with Crippen LogP contribution in [0.15, 0.2) is 42.5 Å². The zero-order valence-corrected chi connectivity index (χ0v) is 15.3. The number of imidazole rings is 1. The fourth-order valence-corrected chi connectivity index (χ4v) is 3.18. The number of anilines is 1. The molecular weight excluding hydrogens is 344 g/mol. The van der Waals surface area contributed by atoms with Crippen molar-refractivity contribution in [3.63, 3.8) is 0 Å². The topological polar surface area (TPSA) is 107 Å². The van der Waals surface area contributed by atoms with Crippen molar-refractivity contribution in [2.75, 3.05) is 20.0 Å². The maximum absolute atomic E-state index is 8.55. The van der Waals surface area contributed by atoms with E-state index < -0.39 is 0 Å². The quantitative estimate of drug-likeness (QED) is 0.517. The van der Waals surface area contributed by atoms with Crippen molar-refractivity contribution in [2.24, 2.45) is 7.05 Å². The van der Waals surface area contributed by atoms with Gasteiger partial charge >= 0.3 is 0 Å². The Kier molecular flexibility index (Phi) is 3.88. The van der Waals surface area contributed by atoms with Crippen LogP contribution in [0.4, 0.5) is 5.82 Å². The molecule has 27 heavy (non-hydrogen) atoms. The van der Waals surface area contributed by atoms with Crippen LogP contribution in [0.5, 0.6) is 11.5 Å². The van der Waals surface area contributed by atoms with E-state index in [1.807, 2.05) is 36.4 Å². The molecule has 2 aromatic carbocycles. The number of benzene rings is 2. The summed E-state index contributed by atoms with van der Waals surface area (Å²) in [5.74, 6) is 2.23. The Morgan fingerprint density at radius 3 is 2.37 bits per heavy atom. The van der Waals surface area contributed by atoms with E-state index in [2.05, 4.69) is 9.97 Å². The Morgan fingerprint density at radius 2 is 1.74 bits per heavy atom. The number of hydrogen-bond donors (Lipinski definition) is 3. The number of ether oxygens (including phenoxy) is 2. The van der Waals surface area contributed by atoms with Gasteiger partial charge in [0.2, 0.25) is 0 Å². The van der Waals surface area contributed by atoms with Gasteiger partial charge in [-0.25, -0.2) is 9.67 Å². The zero-order chi connectivity index (χ0) is 19.1. The van der Waals surface area contributed by atoms with Gasteiger partial charge < -0.3 is 20.2 Å². The molecule has 4 aromatic rings. The average molecular weight is 364 g/mol. The first-order valence-electron chi connectivity index (χ1n) is 8.34. The first kappa shape index (κ1) is 16.8. The highest BCUT2D eigenvalue weighted by Crippen LogP contribution is 2.29. The minimum atomic E-state index is 0.244. The third-order valence-electron chi connectivity index (χ3n) is 4.55. The largest absolute Gasteiger partial charge is 0.497 e. The molecule has 0 aliphatic rings. The minimum absolute atomic E-state index is 0.244. The number of nitrogens with one attached hydrogen (secondary N) is 2. The highest BCUT2D eigenvalue weighted by atomic mass is 16.5. The van der Waals surface area contributed by atoms with Gasteiger partial charge in [-0.15, -0.1) is 0 Å². The highest BCUT2D eigenvalue weighted by Gasteiger charge is 2.20. The van der Waals surface area contributed by atoms with Crippen LogP contribution in [0.25, 0.3) is 28.1 Å². The molecular formula is C19H20N6O2. The summed E-state index contributed by atoms with van der Waals surface area (Å²) in [5, 5.41) is 8.55. The Bertz CT molecular complexity index is 1150. The van der Waals surface area contributed by atoms with E-state index in [1.54, 1.807) is 36.7 Å². The molecule has 0 saturated carbocycles. The lowest BCUT2D eigenvalue weighted by Crippen LogP contribution is -2.19. The Hall–Kier alpha value is -3.68. The van der Waals surface area contributed by atoms with Gasteiger partial charge in [-0.3, -0.25) is 10.1 Å². The van der Waals surface area contributed by atoms with Crippen LogP contribution in [-0.4, -0.2) is 33.6 Å². The minimum Gasteiger partial charge on any atom is -0.497 e. The molecule has 2 heterocycles. The number of para-hydroxylation sites is 2. The Balaban J connectivity index is 1.95. The second-order valence-corrected chi connectivity index (χ2v) is 6.12. The van der Waals surface area contributed by atoms with Gasteiger partial charge in [-0.2, -0.15) is 0 Å². The van der Waals surface area contributed by atoms with E-state index in [-0.39, 0.29) is 5.49 Å². The predicted molar refractivity (Wildman–Crippen MR) is 103 cm³/mol. The van der Waals surface area contributed by atoms with E-state index in [0.29, 0.717) is 28.7 Å². The van der Waals surface area contributed by atoms with Crippen LogP contribution in [0.3, 0.4) is 0 Å². The molecule has 138 valence electrons. The standard InChI is InChI=1S/C19H20N6O2/c1-24-17(20)16(19-22-14-6-4-5-7-15(14)23-19)18(21)25(24)11-8-12(26-2)10-13(9-11)27-3/h4-10,20H,21H2,1-3H3,(H,22,23). The second kappa shape index (κ2) is 6.24. The third-order valence-corrected chi connectivity index (χ3v) is 4.55. The number of aromatic nitrogens is 4. The van der Waals surface area contributed by atoms with E-state index in [9.17, 15) is 0 Å². The fraction of sp³-hybridized carbons (Fsp3) is 0.158. The van der Waals surface area contributed by atoms with Crippen molar-refractivity contribution < 1.29 is 9.47 Å². The first-order chi connectivity index (χ1) is 13.0. The van der Waals surface area contributed by atoms with E-state index >= 15 is 0 Å². The SMILES string of the molecule is COc1cc(OC)cc(-n2c(N)c(-c3nc4ccccc4[nH]3)c(=N)n2C)c1. The number of nitrogens with two attached hydrogens (primary N) is 1. The molecule has 0 aliphatic heterocycles. The summed E-state index contributed by atoms with van der Waals surface area (Å²) in [6.45, 7) is 0. The van der Waals surface area contributed by atoms with Crippen molar-refractivity contribution in [1.82, 2.24) is 19.3 Å². The van der Waals surface area contributed by atoms with Crippen molar-refractivity contribution in [1.29, 1.82) is 5.41 Å². The van der Waals surface area contributed by atoms with E-state index in [1.165, 1.54) is 0 Å². The fourth-order valence-electron chi connectivity index (χ4n) is 3.18. The Morgan fingerprint density at radius 1 is 1.07 bits per heavy atom. The van der Waals surface area contributed by atoms with Gasteiger partial charge in [0, 0.05) is 25.2 Å². The number of fused-ring (bicyclic) bond motifs is 1. The highest BCUT2D eigenvalue weighted by molar-refractivity contribution is 5.81. The van der Waals surface area contributed by atoms with Gasteiger partial charge in [0.25, 0.3) is 0 Å². The molecule has 0 saturated heterocycles. The number of hydrogen-bond acceptors (Lipinski definition) is 5. The summed E-state index contributed by atoms with van der Waals surface area (Å²) in [7, 11) is 4.96. The van der Waals surface area contributed by atoms with E-state index in [4.69, 9.17) is 20.6 Å². The monoisotopic (exact) mass is 364 g/mol. The van der Waals surface area contributed by atoms with Gasteiger partial charge in [-0.05, 0) is 12.1 Å². The molecule has 2 aromatic heterocycles. The normalized spacial score (nSPS) is 11.1. The molecule has 0 unspecified atom stereocenters. The first-order valence-corrected chi connectivity index (χ1v) is 8.34.